The molecule has 3 aromatic carbocycles. The molecule has 1 amide bonds. The predicted molar refractivity (Wildman–Crippen MR) is 154 cm³/mol. The fraction of sp³-hybridized carbons (Fsp3) is 0.154. The molecule has 13 heteroatoms. The first-order chi connectivity index (χ1) is 18.2. The molecule has 0 saturated heterocycles. The zero-order valence-electron chi connectivity index (χ0n) is 20.9. The van der Waals surface area contributed by atoms with Crippen molar-refractivity contribution in [2.24, 2.45) is 0 Å². The van der Waals surface area contributed by atoms with E-state index in [2.05, 4.69) is 15.0 Å². The van der Waals surface area contributed by atoms with Gasteiger partial charge in [-0.05, 0) is 50.6 Å². The number of thiazole rings is 1. The van der Waals surface area contributed by atoms with Gasteiger partial charge in [-0.3, -0.25) is 14.9 Å². The smallest absolute Gasteiger partial charge is 0.288 e. The number of hydrogen-bond acceptors (Lipinski definition) is 7. The molecule has 4 aromatic rings. The van der Waals surface area contributed by atoms with Crippen molar-refractivity contribution in [3.05, 3.63) is 91.2 Å². The lowest BCUT2D eigenvalue weighted by atomic mass is 10.1. The van der Waals surface area contributed by atoms with Gasteiger partial charge in [-0.25, -0.2) is 18.1 Å². The number of aromatic nitrogens is 1. The maximum atomic E-state index is 13.1. The first-order valence-corrected chi connectivity index (χ1v) is 14.5. The van der Waals surface area contributed by atoms with E-state index < -0.39 is 26.4 Å². The molecule has 39 heavy (non-hydrogen) atoms. The van der Waals surface area contributed by atoms with E-state index in [9.17, 15) is 23.3 Å². The summed E-state index contributed by atoms with van der Waals surface area (Å²) in [6, 6.07) is 17.4. The third-order valence-electron chi connectivity index (χ3n) is 5.29. The highest BCUT2D eigenvalue weighted by Gasteiger charge is 2.25. The Bertz CT molecular complexity index is 1680. The number of carbonyl (C=O) groups is 1. The van der Waals surface area contributed by atoms with Crippen LogP contribution >= 0.6 is 34.5 Å². The standard InChI is InChI=1S/C26H22Cl2N4O5S2/c1-26(2,3)31-39(36,37)21-7-5-4-6-18(21)15-8-11-17(12-9-15)29-24(33)23-22(30-25(28)38-23)16-10-13-19(27)20(14-16)32(34)35/h4-14,31H,1-3H3,(H,29,33). The molecule has 1 heterocycles. The Kier molecular flexibility index (Phi) is 8.10. The molecule has 0 fully saturated rings. The monoisotopic (exact) mass is 604 g/mol. The number of halogens is 2. The van der Waals surface area contributed by atoms with Gasteiger partial charge in [0, 0.05) is 28.4 Å². The van der Waals surface area contributed by atoms with E-state index in [0.29, 0.717) is 22.4 Å². The molecule has 2 N–H and O–H groups in total. The maximum absolute atomic E-state index is 13.1. The minimum absolute atomic E-state index is 0.0419. The van der Waals surface area contributed by atoms with Gasteiger partial charge >= 0.3 is 0 Å². The first kappa shape index (κ1) is 28.7. The number of rotatable bonds is 7. The molecule has 0 aliphatic heterocycles. The Labute approximate surface area is 239 Å². The molecule has 0 atom stereocenters. The Balaban J connectivity index is 1.61. The molecule has 0 radical (unpaired) electrons. The Morgan fingerprint density at radius 1 is 1.00 bits per heavy atom. The minimum Gasteiger partial charge on any atom is -0.321 e. The molecule has 4 rings (SSSR count). The van der Waals surface area contributed by atoms with Crippen molar-refractivity contribution in [1.82, 2.24) is 9.71 Å². The lowest BCUT2D eigenvalue weighted by Crippen LogP contribution is -2.40. The van der Waals surface area contributed by atoms with Crippen molar-refractivity contribution in [3.63, 3.8) is 0 Å². The Hall–Kier alpha value is -3.35. The number of carbonyl (C=O) groups excluding carboxylic acids is 1. The van der Waals surface area contributed by atoms with Crippen LogP contribution in [0.1, 0.15) is 30.4 Å². The molecule has 0 spiro atoms. The van der Waals surface area contributed by atoms with Crippen molar-refractivity contribution in [1.29, 1.82) is 0 Å². The molecule has 0 bridgehead atoms. The number of amides is 1. The Morgan fingerprint density at radius 3 is 2.28 bits per heavy atom. The van der Waals surface area contributed by atoms with Gasteiger partial charge in [0.2, 0.25) is 10.0 Å². The zero-order chi connectivity index (χ0) is 28.5. The number of sulfonamides is 1. The van der Waals surface area contributed by atoms with E-state index in [1.807, 2.05) is 0 Å². The van der Waals surface area contributed by atoms with Crippen molar-refractivity contribution in [3.8, 4) is 22.4 Å². The number of nitro groups is 1. The van der Waals surface area contributed by atoms with Crippen LogP contribution in [0.5, 0.6) is 0 Å². The van der Waals surface area contributed by atoms with Gasteiger partial charge in [0.1, 0.15) is 9.90 Å². The zero-order valence-corrected chi connectivity index (χ0v) is 24.0. The summed E-state index contributed by atoms with van der Waals surface area (Å²) in [6.07, 6.45) is 0. The molecule has 0 saturated carbocycles. The van der Waals surface area contributed by atoms with Crippen LogP contribution in [-0.4, -0.2) is 29.8 Å². The van der Waals surface area contributed by atoms with Gasteiger partial charge in [0.05, 0.1) is 15.5 Å². The van der Waals surface area contributed by atoms with Crippen LogP contribution in [0, 0.1) is 10.1 Å². The fourth-order valence-corrected chi connectivity index (χ4v) is 6.62. The minimum atomic E-state index is -3.79. The third-order valence-corrected chi connectivity index (χ3v) is 8.59. The van der Waals surface area contributed by atoms with Crippen LogP contribution < -0.4 is 10.0 Å². The SMILES string of the molecule is CC(C)(C)NS(=O)(=O)c1ccccc1-c1ccc(NC(=O)c2sc(Cl)nc2-c2ccc(Cl)c([N+](=O)[O-])c2)cc1. The lowest BCUT2D eigenvalue weighted by molar-refractivity contribution is -0.384. The maximum Gasteiger partial charge on any atom is 0.288 e. The highest BCUT2D eigenvalue weighted by Crippen LogP contribution is 2.36. The van der Waals surface area contributed by atoms with E-state index in [1.165, 1.54) is 24.3 Å². The molecule has 9 nitrogen and oxygen atoms in total. The second-order valence-corrected chi connectivity index (χ2v) is 13.1. The van der Waals surface area contributed by atoms with Crippen LogP contribution in [-0.2, 0) is 10.0 Å². The van der Waals surface area contributed by atoms with Crippen molar-refractivity contribution in [2.75, 3.05) is 5.32 Å². The van der Waals surface area contributed by atoms with Gasteiger partial charge < -0.3 is 5.32 Å². The molecule has 1 aromatic heterocycles. The molecule has 202 valence electrons. The van der Waals surface area contributed by atoms with Gasteiger partial charge in [-0.1, -0.05) is 70.9 Å². The second-order valence-electron chi connectivity index (χ2n) is 9.45. The quantitative estimate of drug-likeness (QED) is 0.172. The summed E-state index contributed by atoms with van der Waals surface area (Å²) in [5.41, 5.74) is 1.11. The van der Waals surface area contributed by atoms with Gasteiger partial charge in [0.25, 0.3) is 11.6 Å². The van der Waals surface area contributed by atoms with Crippen LogP contribution in [0.25, 0.3) is 22.4 Å². The number of anilines is 1. The third kappa shape index (κ3) is 6.63. The number of hydrogen-bond donors (Lipinski definition) is 2. The average molecular weight is 606 g/mol. The van der Waals surface area contributed by atoms with Crippen LogP contribution in [0.3, 0.4) is 0 Å². The van der Waals surface area contributed by atoms with Gasteiger partial charge in [-0.15, -0.1) is 0 Å². The van der Waals surface area contributed by atoms with Crippen molar-refractivity contribution >= 4 is 61.8 Å². The van der Waals surface area contributed by atoms with E-state index in [4.69, 9.17) is 23.2 Å². The lowest BCUT2D eigenvalue weighted by Gasteiger charge is -2.21. The number of nitro benzene ring substituents is 1. The van der Waals surface area contributed by atoms with E-state index >= 15 is 0 Å². The largest absolute Gasteiger partial charge is 0.321 e. The summed E-state index contributed by atoms with van der Waals surface area (Å²) in [5.74, 6) is -0.517. The molecule has 0 aliphatic carbocycles. The second kappa shape index (κ2) is 11.0. The van der Waals surface area contributed by atoms with Crippen LogP contribution in [0.15, 0.2) is 71.6 Å². The van der Waals surface area contributed by atoms with Crippen molar-refractivity contribution in [2.45, 2.75) is 31.2 Å². The average Bonchev–Trinajstić information content (AvgIpc) is 3.25. The summed E-state index contributed by atoms with van der Waals surface area (Å²) < 4.78 is 28.8. The van der Waals surface area contributed by atoms with Crippen molar-refractivity contribution < 1.29 is 18.1 Å². The van der Waals surface area contributed by atoms with E-state index in [0.717, 1.165) is 11.3 Å². The molecular formula is C26H22Cl2N4O5S2. The fourth-order valence-electron chi connectivity index (χ4n) is 3.76. The summed E-state index contributed by atoms with van der Waals surface area (Å²) in [5, 5.41) is 14.0. The normalized spacial score (nSPS) is 11.8. The topological polar surface area (TPSA) is 131 Å². The summed E-state index contributed by atoms with van der Waals surface area (Å²) in [4.78, 5) is 28.3. The predicted octanol–water partition coefficient (Wildman–Crippen LogP) is 7.02. The summed E-state index contributed by atoms with van der Waals surface area (Å²) in [7, 11) is -3.79. The summed E-state index contributed by atoms with van der Waals surface area (Å²) >= 11 is 12.9. The highest BCUT2D eigenvalue weighted by atomic mass is 35.5. The number of nitrogens with one attached hydrogen (secondary N) is 2. The number of benzene rings is 3. The molecule has 0 unspecified atom stereocenters. The van der Waals surface area contributed by atoms with Gasteiger partial charge in [0.15, 0.2) is 4.47 Å². The van der Waals surface area contributed by atoms with Gasteiger partial charge in [-0.2, -0.15) is 0 Å². The highest BCUT2D eigenvalue weighted by molar-refractivity contribution is 7.89. The van der Waals surface area contributed by atoms with Crippen LogP contribution in [0.4, 0.5) is 11.4 Å². The first-order valence-electron chi connectivity index (χ1n) is 11.4. The Morgan fingerprint density at radius 2 is 1.64 bits per heavy atom. The van der Waals surface area contributed by atoms with Crippen LogP contribution in [0.2, 0.25) is 9.49 Å². The van der Waals surface area contributed by atoms with E-state index in [1.54, 1.807) is 63.2 Å². The molecular weight excluding hydrogens is 583 g/mol. The number of nitrogens with zero attached hydrogens (tertiary/aromatic N) is 2. The molecule has 0 aliphatic rings. The van der Waals surface area contributed by atoms with E-state index in [-0.39, 0.29) is 30.6 Å². The summed E-state index contributed by atoms with van der Waals surface area (Å²) in [6.45, 7) is 5.29.